The Kier molecular flexibility index (Phi) is 5.71. The Labute approximate surface area is 166 Å². The van der Waals surface area contributed by atoms with E-state index in [1.807, 2.05) is 18.2 Å². The van der Waals surface area contributed by atoms with Gasteiger partial charge in [-0.15, -0.1) is 11.3 Å². The second-order valence-electron chi connectivity index (χ2n) is 8.05. The Hall–Kier alpha value is -2.13. The van der Waals surface area contributed by atoms with Gasteiger partial charge in [-0.2, -0.15) is 0 Å². The largest absolute Gasteiger partial charge is 0.465 e. The third kappa shape index (κ3) is 4.41. The molecule has 142 valence electrons. The van der Waals surface area contributed by atoms with Gasteiger partial charge in [0.1, 0.15) is 0 Å². The van der Waals surface area contributed by atoms with Crippen LogP contribution < -0.4 is 0 Å². The summed E-state index contributed by atoms with van der Waals surface area (Å²) < 4.78 is 5.92. The Morgan fingerprint density at radius 2 is 2.04 bits per heavy atom. The molecular weight excluding hydrogens is 352 g/mol. The molecular formula is C24H28O2S. The van der Waals surface area contributed by atoms with Crippen LogP contribution in [0.25, 0.3) is 16.2 Å². The molecule has 1 aliphatic rings. The topological polar surface area (TPSA) is 26.3 Å². The summed E-state index contributed by atoms with van der Waals surface area (Å²) in [5.41, 5.74) is 5.10. The lowest BCUT2D eigenvalue weighted by molar-refractivity contribution is 0.0601. The van der Waals surface area contributed by atoms with Gasteiger partial charge in [0.15, 0.2) is 0 Å². The van der Waals surface area contributed by atoms with Crippen LogP contribution in [0, 0.1) is 5.41 Å². The first-order valence-corrected chi connectivity index (χ1v) is 10.3. The summed E-state index contributed by atoms with van der Waals surface area (Å²) in [6.07, 6.45) is 10.5. The van der Waals surface area contributed by atoms with E-state index in [0.29, 0.717) is 5.56 Å². The van der Waals surface area contributed by atoms with Crippen LogP contribution in [0.4, 0.5) is 0 Å². The van der Waals surface area contributed by atoms with Gasteiger partial charge in [-0.3, -0.25) is 0 Å². The van der Waals surface area contributed by atoms with Crippen molar-refractivity contribution in [3.63, 3.8) is 0 Å². The van der Waals surface area contributed by atoms with Crippen molar-refractivity contribution >= 4 is 33.5 Å². The van der Waals surface area contributed by atoms with Gasteiger partial charge in [0.2, 0.25) is 0 Å². The molecule has 0 aliphatic heterocycles. The van der Waals surface area contributed by atoms with E-state index in [9.17, 15) is 4.79 Å². The van der Waals surface area contributed by atoms with Gasteiger partial charge < -0.3 is 4.74 Å². The zero-order valence-electron chi connectivity index (χ0n) is 16.9. The Morgan fingerprint density at radius 1 is 1.26 bits per heavy atom. The summed E-state index contributed by atoms with van der Waals surface area (Å²) in [7, 11) is 1.41. The average Bonchev–Trinajstić information content (AvgIpc) is 3.01. The summed E-state index contributed by atoms with van der Waals surface area (Å²) in [6.45, 7) is 9.11. The van der Waals surface area contributed by atoms with Crippen molar-refractivity contribution in [3.05, 3.63) is 63.6 Å². The quantitative estimate of drug-likeness (QED) is 0.415. The molecule has 1 aromatic heterocycles. The molecule has 0 fully saturated rings. The fourth-order valence-electron chi connectivity index (χ4n) is 3.87. The molecule has 0 radical (unpaired) electrons. The summed E-state index contributed by atoms with van der Waals surface area (Å²) in [5.74, 6) is -0.291. The molecule has 2 nitrogen and oxygen atoms in total. The van der Waals surface area contributed by atoms with Crippen molar-refractivity contribution in [1.29, 1.82) is 0 Å². The Balaban J connectivity index is 1.84. The van der Waals surface area contributed by atoms with Crippen LogP contribution in [-0.4, -0.2) is 13.1 Å². The number of carbonyl (C=O) groups excluding carboxylic acids is 1. The highest BCUT2D eigenvalue weighted by atomic mass is 32.1. The smallest absolute Gasteiger partial charge is 0.337 e. The van der Waals surface area contributed by atoms with Crippen molar-refractivity contribution in [1.82, 2.24) is 0 Å². The van der Waals surface area contributed by atoms with Crippen molar-refractivity contribution in [2.24, 2.45) is 5.41 Å². The predicted molar refractivity (Wildman–Crippen MR) is 116 cm³/mol. The zero-order valence-corrected chi connectivity index (χ0v) is 17.7. The van der Waals surface area contributed by atoms with E-state index in [1.54, 1.807) is 11.3 Å². The standard InChI is InChI=1S/C24H28O2S/c1-16(8-11-21-17(2)7-6-12-24(21,3)4)13-20-14-18-9-10-19(23(25)26-5)15-22(18)27-20/h8-11,13-15H,6-7,12H2,1-5H3. The molecule has 0 saturated heterocycles. The maximum Gasteiger partial charge on any atom is 0.337 e. The number of fused-ring (bicyclic) bond motifs is 1. The molecule has 1 aliphatic carbocycles. The molecule has 0 unspecified atom stereocenters. The first kappa shape index (κ1) is 19.6. The first-order chi connectivity index (χ1) is 12.8. The number of thiophene rings is 1. The zero-order chi connectivity index (χ0) is 19.6. The second kappa shape index (κ2) is 7.85. The lowest BCUT2D eigenvalue weighted by atomic mass is 9.72. The lowest BCUT2D eigenvalue weighted by Crippen LogP contribution is -2.19. The van der Waals surface area contributed by atoms with E-state index in [1.165, 1.54) is 48.0 Å². The number of esters is 1. The molecule has 27 heavy (non-hydrogen) atoms. The molecule has 1 heterocycles. The fraction of sp³-hybridized carbons (Fsp3) is 0.375. The Morgan fingerprint density at radius 3 is 2.74 bits per heavy atom. The van der Waals surface area contributed by atoms with Crippen LogP contribution >= 0.6 is 11.3 Å². The van der Waals surface area contributed by atoms with Crippen molar-refractivity contribution < 1.29 is 9.53 Å². The summed E-state index contributed by atoms with van der Waals surface area (Å²) >= 11 is 1.70. The van der Waals surface area contributed by atoms with E-state index in [2.05, 4.69) is 52.0 Å². The number of rotatable bonds is 4. The molecule has 0 N–H and O–H groups in total. The maximum absolute atomic E-state index is 11.7. The highest BCUT2D eigenvalue weighted by molar-refractivity contribution is 7.19. The van der Waals surface area contributed by atoms with Crippen LogP contribution in [0.1, 0.15) is 62.2 Å². The van der Waals surface area contributed by atoms with Gasteiger partial charge >= 0.3 is 5.97 Å². The summed E-state index contributed by atoms with van der Waals surface area (Å²) in [4.78, 5) is 12.9. The maximum atomic E-state index is 11.7. The van der Waals surface area contributed by atoms with E-state index in [0.717, 1.165) is 10.1 Å². The van der Waals surface area contributed by atoms with Crippen LogP contribution in [0.5, 0.6) is 0 Å². The molecule has 1 aromatic carbocycles. The molecule has 3 heteroatoms. The predicted octanol–water partition coefficient (Wildman–Crippen LogP) is 7.17. The van der Waals surface area contributed by atoms with Crippen LogP contribution in [0.3, 0.4) is 0 Å². The number of benzene rings is 1. The minimum Gasteiger partial charge on any atom is -0.465 e. The van der Waals surface area contributed by atoms with Crippen molar-refractivity contribution in [3.8, 4) is 0 Å². The molecule has 0 atom stereocenters. The van der Waals surface area contributed by atoms with E-state index < -0.39 is 0 Å². The normalized spacial score (nSPS) is 17.7. The number of ether oxygens (including phenoxy) is 1. The fourth-order valence-corrected chi connectivity index (χ4v) is 4.98. The van der Waals surface area contributed by atoms with Crippen molar-refractivity contribution in [2.45, 2.75) is 47.0 Å². The number of methoxy groups -OCH3 is 1. The molecule has 0 bridgehead atoms. The van der Waals surface area contributed by atoms with Gasteiger partial charge in [0, 0.05) is 9.58 Å². The number of carbonyl (C=O) groups is 1. The average molecular weight is 381 g/mol. The minimum atomic E-state index is -0.291. The first-order valence-electron chi connectivity index (χ1n) is 9.49. The van der Waals surface area contributed by atoms with Crippen LogP contribution in [0.2, 0.25) is 0 Å². The highest BCUT2D eigenvalue weighted by Gasteiger charge is 2.26. The third-order valence-electron chi connectivity index (χ3n) is 5.39. The van der Waals surface area contributed by atoms with Crippen molar-refractivity contribution in [2.75, 3.05) is 7.11 Å². The summed E-state index contributed by atoms with van der Waals surface area (Å²) in [6, 6.07) is 7.89. The van der Waals surface area contributed by atoms with Gasteiger partial charge in [0.25, 0.3) is 0 Å². The van der Waals surface area contributed by atoms with Gasteiger partial charge in [-0.05, 0) is 79.3 Å². The number of allylic oxidation sites excluding steroid dienone is 5. The Bertz CT molecular complexity index is 954. The van der Waals surface area contributed by atoms with Crippen LogP contribution in [-0.2, 0) is 4.74 Å². The summed E-state index contributed by atoms with van der Waals surface area (Å²) in [5, 5.41) is 1.16. The minimum absolute atomic E-state index is 0.265. The van der Waals surface area contributed by atoms with Gasteiger partial charge in [-0.1, -0.05) is 37.6 Å². The molecule has 3 rings (SSSR count). The van der Waals surface area contributed by atoms with E-state index in [4.69, 9.17) is 4.74 Å². The van der Waals surface area contributed by atoms with Crippen LogP contribution in [0.15, 0.2) is 53.1 Å². The van der Waals surface area contributed by atoms with E-state index >= 15 is 0 Å². The van der Waals surface area contributed by atoms with Gasteiger partial charge in [-0.25, -0.2) is 4.79 Å². The second-order valence-corrected chi connectivity index (χ2v) is 9.16. The molecule has 0 spiro atoms. The number of hydrogen-bond donors (Lipinski definition) is 0. The molecule has 0 amide bonds. The molecule has 2 aromatic rings. The lowest BCUT2D eigenvalue weighted by Gasteiger charge is -2.32. The van der Waals surface area contributed by atoms with E-state index in [-0.39, 0.29) is 11.4 Å². The molecule has 0 saturated carbocycles. The van der Waals surface area contributed by atoms with Gasteiger partial charge in [0.05, 0.1) is 12.7 Å². The SMILES string of the molecule is COC(=O)c1ccc2cc(C=C(C)C=CC3=C(C)CCCC3(C)C)sc2c1. The number of hydrogen-bond acceptors (Lipinski definition) is 3. The highest BCUT2D eigenvalue weighted by Crippen LogP contribution is 2.40. The third-order valence-corrected chi connectivity index (χ3v) is 6.43. The monoisotopic (exact) mass is 380 g/mol.